The van der Waals surface area contributed by atoms with E-state index < -0.39 is 0 Å². The van der Waals surface area contributed by atoms with Crippen LogP contribution in [0.5, 0.6) is 11.5 Å². The highest BCUT2D eigenvalue weighted by Crippen LogP contribution is 2.28. The lowest BCUT2D eigenvalue weighted by molar-refractivity contribution is 0.443. The van der Waals surface area contributed by atoms with Crippen LogP contribution in [0.4, 0.5) is 0 Å². The van der Waals surface area contributed by atoms with Crippen LogP contribution in [0.25, 0.3) is 12.2 Å². The van der Waals surface area contributed by atoms with E-state index in [0.717, 1.165) is 11.1 Å². The highest BCUT2D eigenvalue weighted by Gasteiger charge is 2.03. The van der Waals surface area contributed by atoms with Crippen LogP contribution >= 0.6 is 0 Å². The fourth-order valence-corrected chi connectivity index (χ4v) is 1.86. The molecule has 0 spiro atoms. The van der Waals surface area contributed by atoms with Crippen molar-refractivity contribution in [3.05, 3.63) is 58.1 Å². The van der Waals surface area contributed by atoms with Gasteiger partial charge in [0, 0.05) is 5.56 Å². The second kappa shape index (κ2) is 5.19. The van der Waals surface area contributed by atoms with Crippen LogP contribution in [-0.2, 0) is 0 Å². The Balaban J connectivity index is 2.30. The van der Waals surface area contributed by atoms with Gasteiger partial charge in [-0.3, -0.25) is 0 Å². The van der Waals surface area contributed by atoms with Crippen LogP contribution < -0.4 is 0 Å². The Morgan fingerprint density at radius 2 is 1.32 bits per heavy atom. The molecular formula is C17H18O2. The van der Waals surface area contributed by atoms with Gasteiger partial charge < -0.3 is 10.2 Å². The second-order valence-corrected chi connectivity index (χ2v) is 4.86. The first-order valence-corrected chi connectivity index (χ1v) is 6.25. The predicted molar refractivity (Wildman–Crippen MR) is 79.4 cm³/mol. The minimum atomic E-state index is 0.111. The maximum absolute atomic E-state index is 9.66. The molecule has 98 valence electrons. The zero-order chi connectivity index (χ0) is 14.0. The number of aryl methyl sites for hydroxylation is 2. The number of rotatable bonds is 2. The molecule has 0 amide bonds. The molecule has 0 aliphatic carbocycles. The molecule has 2 aromatic rings. The standard InChI is InChI=1S/C17H18O2/c1-11-4-5-14(8-12(11)2)6-7-15-9-16(18)13(3)17(19)10-15/h4-10,18-19H,1-3H3/b7-6+. The van der Waals surface area contributed by atoms with E-state index >= 15 is 0 Å². The van der Waals surface area contributed by atoms with Crippen LogP contribution in [0.2, 0.25) is 0 Å². The molecule has 2 N–H and O–H groups in total. The van der Waals surface area contributed by atoms with E-state index in [1.54, 1.807) is 19.1 Å². The van der Waals surface area contributed by atoms with E-state index in [9.17, 15) is 10.2 Å². The van der Waals surface area contributed by atoms with E-state index in [4.69, 9.17) is 0 Å². The average molecular weight is 254 g/mol. The Labute approximate surface area is 113 Å². The molecule has 0 aliphatic heterocycles. The van der Waals surface area contributed by atoms with E-state index in [1.165, 1.54) is 11.1 Å². The molecular weight excluding hydrogens is 236 g/mol. The highest BCUT2D eigenvalue weighted by atomic mass is 16.3. The minimum Gasteiger partial charge on any atom is -0.508 e. The fraction of sp³-hybridized carbons (Fsp3) is 0.176. The molecule has 0 aromatic heterocycles. The maximum Gasteiger partial charge on any atom is 0.122 e. The molecule has 19 heavy (non-hydrogen) atoms. The normalized spacial score (nSPS) is 11.1. The smallest absolute Gasteiger partial charge is 0.122 e. The van der Waals surface area contributed by atoms with Gasteiger partial charge in [-0.2, -0.15) is 0 Å². The van der Waals surface area contributed by atoms with E-state index in [1.807, 2.05) is 18.2 Å². The largest absolute Gasteiger partial charge is 0.508 e. The maximum atomic E-state index is 9.66. The van der Waals surface area contributed by atoms with Crippen LogP contribution in [0.15, 0.2) is 30.3 Å². The molecule has 0 heterocycles. The van der Waals surface area contributed by atoms with Crippen molar-refractivity contribution in [3.8, 4) is 11.5 Å². The summed E-state index contributed by atoms with van der Waals surface area (Å²) in [6.07, 6.45) is 3.85. The van der Waals surface area contributed by atoms with Gasteiger partial charge in [0.05, 0.1) is 0 Å². The number of hydrogen-bond acceptors (Lipinski definition) is 2. The van der Waals surface area contributed by atoms with Gasteiger partial charge in [0.2, 0.25) is 0 Å². The van der Waals surface area contributed by atoms with Gasteiger partial charge in [0.1, 0.15) is 11.5 Å². The molecule has 0 aliphatic rings. The Morgan fingerprint density at radius 3 is 1.89 bits per heavy atom. The third-order valence-electron chi connectivity index (χ3n) is 3.37. The summed E-state index contributed by atoms with van der Waals surface area (Å²) < 4.78 is 0. The summed E-state index contributed by atoms with van der Waals surface area (Å²) in [7, 11) is 0. The fourth-order valence-electron chi connectivity index (χ4n) is 1.86. The zero-order valence-corrected chi connectivity index (χ0v) is 11.4. The van der Waals surface area contributed by atoms with Gasteiger partial charge >= 0.3 is 0 Å². The highest BCUT2D eigenvalue weighted by molar-refractivity contribution is 5.72. The second-order valence-electron chi connectivity index (χ2n) is 4.86. The number of phenolic OH excluding ortho intramolecular Hbond substituents is 2. The topological polar surface area (TPSA) is 40.5 Å². The third-order valence-corrected chi connectivity index (χ3v) is 3.37. The van der Waals surface area contributed by atoms with Crippen molar-refractivity contribution in [2.75, 3.05) is 0 Å². The SMILES string of the molecule is Cc1ccc(/C=C/c2cc(O)c(C)c(O)c2)cc1C. The first-order chi connectivity index (χ1) is 8.97. The third kappa shape index (κ3) is 2.97. The summed E-state index contributed by atoms with van der Waals surface area (Å²) in [6, 6.07) is 9.53. The van der Waals surface area contributed by atoms with Gasteiger partial charge in [-0.05, 0) is 55.2 Å². The molecule has 2 heteroatoms. The summed E-state index contributed by atoms with van der Waals surface area (Å²) in [5.74, 6) is 0.222. The summed E-state index contributed by atoms with van der Waals surface area (Å²) in [6.45, 7) is 5.84. The van der Waals surface area contributed by atoms with Gasteiger partial charge in [0.25, 0.3) is 0 Å². The molecule has 2 aromatic carbocycles. The lowest BCUT2D eigenvalue weighted by atomic mass is 10.0. The first kappa shape index (κ1) is 13.2. The molecule has 2 nitrogen and oxygen atoms in total. The molecule has 0 saturated heterocycles. The van der Waals surface area contributed by atoms with Crippen LogP contribution in [0, 0.1) is 20.8 Å². The van der Waals surface area contributed by atoms with E-state index in [2.05, 4.69) is 26.0 Å². The van der Waals surface area contributed by atoms with Crippen LogP contribution in [0.1, 0.15) is 27.8 Å². The Morgan fingerprint density at radius 1 is 0.737 bits per heavy atom. The molecule has 0 saturated carbocycles. The van der Waals surface area contributed by atoms with Gasteiger partial charge in [0.15, 0.2) is 0 Å². The molecule has 0 bridgehead atoms. The average Bonchev–Trinajstić information content (AvgIpc) is 2.37. The van der Waals surface area contributed by atoms with Crippen LogP contribution in [-0.4, -0.2) is 10.2 Å². The van der Waals surface area contributed by atoms with Gasteiger partial charge in [-0.25, -0.2) is 0 Å². The lowest BCUT2D eigenvalue weighted by Crippen LogP contribution is -1.82. The van der Waals surface area contributed by atoms with Crippen molar-refractivity contribution in [1.82, 2.24) is 0 Å². The van der Waals surface area contributed by atoms with E-state index in [0.29, 0.717) is 5.56 Å². The Bertz CT molecular complexity index is 617. The van der Waals surface area contributed by atoms with Gasteiger partial charge in [-0.15, -0.1) is 0 Å². The number of aromatic hydroxyl groups is 2. The van der Waals surface area contributed by atoms with E-state index in [-0.39, 0.29) is 11.5 Å². The summed E-state index contributed by atoms with van der Waals surface area (Å²) in [5.41, 5.74) is 4.89. The van der Waals surface area contributed by atoms with Crippen molar-refractivity contribution in [2.45, 2.75) is 20.8 Å². The monoisotopic (exact) mass is 254 g/mol. The number of benzene rings is 2. The Kier molecular flexibility index (Phi) is 3.61. The summed E-state index contributed by atoms with van der Waals surface area (Å²) in [4.78, 5) is 0. The molecule has 0 radical (unpaired) electrons. The molecule has 0 unspecified atom stereocenters. The van der Waals surface area contributed by atoms with Crippen molar-refractivity contribution in [1.29, 1.82) is 0 Å². The molecule has 0 fully saturated rings. The van der Waals surface area contributed by atoms with Crippen molar-refractivity contribution in [3.63, 3.8) is 0 Å². The quantitative estimate of drug-likeness (QED) is 0.789. The minimum absolute atomic E-state index is 0.111. The molecule has 2 rings (SSSR count). The number of hydrogen-bond donors (Lipinski definition) is 2. The summed E-state index contributed by atoms with van der Waals surface area (Å²) >= 11 is 0. The Hall–Kier alpha value is -2.22. The lowest BCUT2D eigenvalue weighted by Gasteiger charge is -2.04. The van der Waals surface area contributed by atoms with Crippen LogP contribution in [0.3, 0.4) is 0 Å². The van der Waals surface area contributed by atoms with Crippen molar-refractivity contribution >= 4 is 12.2 Å². The van der Waals surface area contributed by atoms with Crippen molar-refractivity contribution < 1.29 is 10.2 Å². The zero-order valence-electron chi connectivity index (χ0n) is 11.4. The van der Waals surface area contributed by atoms with Gasteiger partial charge in [-0.1, -0.05) is 30.4 Å². The summed E-state index contributed by atoms with van der Waals surface area (Å²) in [5, 5.41) is 19.3. The number of phenols is 2. The predicted octanol–water partition coefficient (Wildman–Crippen LogP) is 4.19. The molecule has 0 atom stereocenters. The van der Waals surface area contributed by atoms with Crippen molar-refractivity contribution in [2.24, 2.45) is 0 Å². The first-order valence-electron chi connectivity index (χ1n) is 6.25.